The van der Waals surface area contributed by atoms with E-state index in [0.29, 0.717) is 5.69 Å². The summed E-state index contributed by atoms with van der Waals surface area (Å²) in [7, 11) is 0. The van der Waals surface area contributed by atoms with Gasteiger partial charge in [0.2, 0.25) is 5.91 Å². The number of anilines is 1. The first kappa shape index (κ1) is 17.9. The topological polar surface area (TPSA) is 89.5 Å². The molecule has 8 heteroatoms. The number of nitrogens with one attached hydrogen (secondary N) is 1. The van der Waals surface area contributed by atoms with Gasteiger partial charge in [-0.3, -0.25) is 19.3 Å². The number of carbonyl (C=O) groups excluding carboxylic acids is 1. The molecular formula is C20H16N4O3S. The van der Waals surface area contributed by atoms with E-state index in [1.807, 2.05) is 47.2 Å². The number of hydrogen-bond acceptors (Lipinski definition) is 5. The number of aromatic nitrogens is 2. The molecule has 140 valence electrons. The van der Waals surface area contributed by atoms with E-state index in [1.165, 1.54) is 41.2 Å². The number of nitro groups is 1. The van der Waals surface area contributed by atoms with E-state index in [2.05, 4.69) is 10.3 Å². The molecule has 4 rings (SSSR count). The van der Waals surface area contributed by atoms with Gasteiger partial charge in [0.15, 0.2) is 4.96 Å². The Kier molecular flexibility index (Phi) is 4.62. The molecule has 0 aliphatic heterocycles. The third-order valence-electron chi connectivity index (χ3n) is 4.33. The summed E-state index contributed by atoms with van der Waals surface area (Å²) in [5.41, 5.74) is 4.43. The van der Waals surface area contributed by atoms with Crippen molar-refractivity contribution in [2.45, 2.75) is 13.3 Å². The molecule has 0 atom stereocenters. The van der Waals surface area contributed by atoms with Crippen LogP contribution >= 0.6 is 11.3 Å². The lowest BCUT2D eigenvalue weighted by Gasteiger charge is -2.04. The van der Waals surface area contributed by atoms with Crippen LogP contribution in [0.4, 0.5) is 11.4 Å². The van der Waals surface area contributed by atoms with E-state index in [0.717, 1.165) is 21.9 Å². The van der Waals surface area contributed by atoms with Crippen molar-refractivity contribution in [1.82, 2.24) is 9.38 Å². The molecule has 0 fully saturated rings. The second-order valence-corrected chi connectivity index (χ2v) is 7.24. The van der Waals surface area contributed by atoms with Crippen LogP contribution in [0.15, 0.2) is 60.1 Å². The SMILES string of the molecule is Cc1ccc(-c2cn3c(CC(=O)Nc4ccc([N+](=O)[O-])cc4)csc3n2)cc1. The number of carbonyl (C=O) groups is 1. The van der Waals surface area contributed by atoms with Gasteiger partial charge in [0, 0.05) is 40.7 Å². The Morgan fingerprint density at radius 2 is 1.89 bits per heavy atom. The summed E-state index contributed by atoms with van der Waals surface area (Å²) in [4.78, 5) is 28.1. The second-order valence-electron chi connectivity index (χ2n) is 6.40. The minimum atomic E-state index is -0.474. The Labute approximate surface area is 164 Å². The average Bonchev–Trinajstić information content (AvgIpc) is 3.25. The van der Waals surface area contributed by atoms with Crippen LogP contribution in [0.2, 0.25) is 0 Å². The summed E-state index contributed by atoms with van der Waals surface area (Å²) in [5, 5.41) is 15.4. The van der Waals surface area contributed by atoms with Crippen molar-refractivity contribution in [3.05, 3.63) is 81.5 Å². The third-order valence-corrected chi connectivity index (χ3v) is 5.22. The van der Waals surface area contributed by atoms with Crippen LogP contribution in [0.1, 0.15) is 11.3 Å². The highest BCUT2D eigenvalue weighted by Gasteiger charge is 2.13. The zero-order chi connectivity index (χ0) is 19.7. The number of fused-ring (bicyclic) bond motifs is 1. The fraction of sp³-hybridized carbons (Fsp3) is 0.100. The molecule has 4 aromatic rings. The van der Waals surface area contributed by atoms with Crippen molar-refractivity contribution in [2.24, 2.45) is 0 Å². The number of benzene rings is 2. The van der Waals surface area contributed by atoms with Gasteiger partial charge in [0.1, 0.15) is 0 Å². The molecule has 0 radical (unpaired) electrons. The first-order valence-corrected chi connectivity index (χ1v) is 9.44. The lowest BCUT2D eigenvalue weighted by molar-refractivity contribution is -0.384. The highest BCUT2D eigenvalue weighted by atomic mass is 32.1. The molecular weight excluding hydrogens is 376 g/mol. The van der Waals surface area contributed by atoms with E-state index in [4.69, 9.17) is 0 Å². The van der Waals surface area contributed by atoms with Crippen LogP contribution in [0.25, 0.3) is 16.2 Å². The maximum atomic E-state index is 12.4. The van der Waals surface area contributed by atoms with E-state index in [-0.39, 0.29) is 18.0 Å². The molecule has 0 aliphatic carbocycles. The number of nitro benzene ring substituents is 1. The van der Waals surface area contributed by atoms with E-state index in [1.54, 1.807) is 0 Å². The van der Waals surface area contributed by atoms with Gasteiger partial charge in [-0.15, -0.1) is 11.3 Å². The molecule has 0 unspecified atom stereocenters. The number of non-ortho nitro benzene ring substituents is 1. The van der Waals surface area contributed by atoms with Gasteiger partial charge in [0.05, 0.1) is 17.0 Å². The molecule has 0 spiro atoms. The summed E-state index contributed by atoms with van der Waals surface area (Å²) in [6, 6.07) is 13.9. The van der Waals surface area contributed by atoms with Gasteiger partial charge in [0.25, 0.3) is 5.69 Å². The van der Waals surface area contributed by atoms with Gasteiger partial charge in [-0.2, -0.15) is 0 Å². The summed E-state index contributed by atoms with van der Waals surface area (Å²) in [6.45, 7) is 2.04. The minimum absolute atomic E-state index is 0.0143. The quantitative estimate of drug-likeness (QED) is 0.401. The lowest BCUT2D eigenvalue weighted by atomic mass is 10.1. The second kappa shape index (κ2) is 7.24. The molecule has 2 aromatic heterocycles. The summed E-state index contributed by atoms with van der Waals surface area (Å²) >= 11 is 1.48. The van der Waals surface area contributed by atoms with Gasteiger partial charge < -0.3 is 5.32 Å². The Balaban J connectivity index is 1.50. The Hall–Kier alpha value is -3.52. The van der Waals surface area contributed by atoms with Crippen molar-refractivity contribution in [3.63, 3.8) is 0 Å². The number of nitrogens with zero attached hydrogens (tertiary/aromatic N) is 3. The van der Waals surface area contributed by atoms with Gasteiger partial charge in [-0.05, 0) is 19.1 Å². The molecule has 28 heavy (non-hydrogen) atoms. The zero-order valence-corrected chi connectivity index (χ0v) is 15.8. The number of hydrogen-bond donors (Lipinski definition) is 1. The smallest absolute Gasteiger partial charge is 0.269 e. The average molecular weight is 392 g/mol. The lowest BCUT2D eigenvalue weighted by Crippen LogP contribution is -2.15. The maximum absolute atomic E-state index is 12.4. The molecule has 0 saturated heterocycles. The monoisotopic (exact) mass is 392 g/mol. The summed E-state index contributed by atoms with van der Waals surface area (Å²) < 4.78 is 1.93. The number of aryl methyl sites for hydroxylation is 1. The van der Waals surface area contributed by atoms with Crippen molar-refractivity contribution < 1.29 is 9.72 Å². The molecule has 0 aliphatic rings. The first-order valence-electron chi connectivity index (χ1n) is 8.56. The highest BCUT2D eigenvalue weighted by molar-refractivity contribution is 7.15. The number of imidazole rings is 1. The first-order chi connectivity index (χ1) is 13.5. The number of rotatable bonds is 5. The predicted molar refractivity (Wildman–Crippen MR) is 109 cm³/mol. The highest BCUT2D eigenvalue weighted by Crippen LogP contribution is 2.24. The van der Waals surface area contributed by atoms with Crippen LogP contribution in [0, 0.1) is 17.0 Å². The van der Waals surface area contributed by atoms with Gasteiger partial charge >= 0.3 is 0 Å². The van der Waals surface area contributed by atoms with Crippen LogP contribution in [0.5, 0.6) is 0 Å². The molecule has 0 bridgehead atoms. The van der Waals surface area contributed by atoms with Crippen LogP contribution in [-0.2, 0) is 11.2 Å². The predicted octanol–water partition coefficient (Wildman–Crippen LogP) is 4.46. The molecule has 7 nitrogen and oxygen atoms in total. The third kappa shape index (κ3) is 3.63. The van der Waals surface area contributed by atoms with Crippen LogP contribution in [-0.4, -0.2) is 20.2 Å². The number of thiazole rings is 1. The fourth-order valence-electron chi connectivity index (χ4n) is 2.86. The maximum Gasteiger partial charge on any atom is 0.269 e. The molecule has 0 saturated carbocycles. The molecule has 1 amide bonds. The van der Waals surface area contributed by atoms with Crippen molar-refractivity contribution in [2.75, 3.05) is 5.32 Å². The zero-order valence-electron chi connectivity index (χ0n) is 15.0. The van der Waals surface area contributed by atoms with Crippen molar-refractivity contribution in [1.29, 1.82) is 0 Å². The minimum Gasteiger partial charge on any atom is -0.326 e. The molecule has 2 aromatic carbocycles. The molecule has 2 heterocycles. The van der Waals surface area contributed by atoms with Gasteiger partial charge in [-0.25, -0.2) is 4.98 Å². The van der Waals surface area contributed by atoms with Crippen molar-refractivity contribution in [3.8, 4) is 11.3 Å². The Morgan fingerprint density at radius 3 is 2.57 bits per heavy atom. The van der Waals surface area contributed by atoms with Crippen LogP contribution < -0.4 is 5.32 Å². The Morgan fingerprint density at radius 1 is 1.18 bits per heavy atom. The van der Waals surface area contributed by atoms with Gasteiger partial charge in [-0.1, -0.05) is 29.8 Å². The standard InChI is InChI=1S/C20H16N4O3S/c1-13-2-4-14(5-3-13)18-11-23-17(12-28-20(23)22-18)10-19(25)21-15-6-8-16(9-7-15)24(26)27/h2-9,11-12H,10H2,1H3,(H,21,25). The van der Waals surface area contributed by atoms with E-state index < -0.39 is 4.92 Å². The fourth-order valence-corrected chi connectivity index (χ4v) is 3.73. The summed E-state index contributed by atoms with van der Waals surface area (Å²) in [5.74, 6) is -0.195. The largest absolute Gasteiger partial charge is 0.326 e. The summed E-state index contributed by atoms with van der Waals surface area (Å²) in [6.07, 6.45) is 2.12. The van der Waals surface area contributed by atoms with E-state index >= 15 is 0 Å². The Bertz CT molecular complexity index is 1160. The number of amides is 1. The van der Waals surface area contributed by atoms with E-state index in [9.17, 15) is 14.9 Å². The van der Waals surface area contributed by atoms with Crippen molar-refractivity contribution >= 4 is 33.6 Å². The normalized spacial score (nSPS) is 10.9. The molecule has 1 N–H and O–H groups in total. The van der Waals surface area contributed by atoms with Crippen LogP contribution in [0.3, 0.4) is 0 Å².